The van der Waals surface area contributed by atoms with Crippen LogP contribution in [0.5, 0.6) is 0 Å². The van der Waals surface area contributed by atoms with Gasteiger partial charge in [-0.25, -0.2) is 4.39 Å². The number of benzene rings is 2. The fourth-order valence-electron chi connectivity index (χ4n) is 4.01. The molecule has 132 valence electrons. The van der Waals surface area contributed by atoms with Crippen LogP contribution in [0.1, 0.15) is 42.2 Å². The van der Waals surface area contributed by atoms with E-state index in [0.29, 0.717) is 24.1 Å². The molecule has 2 aromatic rings. The molecule has 4 rings (SSSR count). The lowest BCUT2D eigenvalue weighted by Gasteiger charge is -2.34. The third kappa shape index (κ3) is 2.95. The van der Waals surface area contributed by atoms with Crippen LogP contribution in [0.3, 0.4) is 0 Å². The van der Waals surface area contributed by atoms with E-state index in [1.54, 1.807) is 6.07 Å². The molecule has 5 heteroatoms. The first kappa shape index (κ1) is 17.0. The molecule has 1 amide bonds. The Balaban J connectivity index is 1.78. The molecule has 3 nitrogen and oxygen atoms in total. The number of allylic oxidation sites excluding steroid dienone is 2. The smallest absolute Gasteiger partial charge is 0.225 e. The van der Waals surface area contributed by atoms with Crippen molar-refractivity contribution in [2.45, 2.75) is 31.1 Å². The maximum Gasteiger partial charge on any atom is 0.225 e. The summed E-state index contributed by atoms with van der Waals surface area (Å²) in [6, 6.07) is 14.2. The second kappa shape index (κ2) is 6.69. The van der Waals surface area contributed by atoms with Crippen molar-refractivity contribution >= 4 is 23.3 Å². The molecule has 1 N–H and O–H groups in total. The number of amides is 1. The van der Waals surface area contributed by atoms with Gasteiger partial charge in [-0.05, 0) is 30.0 Å². The van der Waals surface area contributed by atoms with Gasteiger partial charge in [0, 0.05) is 40.6 Å². The first-order valence-electron chi connectivity index (χ1n) is 8.59. The SMILES string of the molecule is O=C1CC(c2c(F)cccc2Cl)C2=C(CC(c3ccccc3)CC2=O)N1. The second-order valence-corrected chi connectivity index (χ2v) is 7.18. The van der Waals surface area contributed by atoms with Crippen LogP contribution in [0.4, 0.5) is 4.39 Å². The van der Waals surface area contributed by atoms with E-state index in [2.05, 4.69) is 5.32 Å². The summed E-state index contributed by atoms with van der Waals surface area (Å²) in [5.74, 6) is -1.37. The Kier molecular flexibility index (Phi) is 4.37. The van der Waals surface area contributed by atoms with Crippen LogP contribution < -0.4 is 5.32 Å². The van der Waals surface area contributed by atoms with Gasteiger partial charge in [-0.3, -0.25) is 9.59 Å². The molecular weight excluding hydrogens is 353 g/mol. The number of rotatable bonds is 2. The Morgan fingerprint density at radius 1 is 0.962 bits per heavy atom. The highest BCUT2D eigenvalue weighted by atomic mass is 35.5. The normalized spacial score (nSPS) is 22.8. The van der Waals surface area contributed by atoms with Crippen molar-refractivity contribution in [3.8, 4) is 0 Å². The van der Waals surface area contributed by atoms with Gasteiger partial charge >= 0.3 is 0 Å². The predicted octanol–water partition coefficient (Wildman–Crippen LogP) is 4.48. The molecule has 0 fully saturated rings. The van der Waals surface area contributed by atoms with Crippen molar-refractivity contribution in [2.24, 2.45) is 0 Å². The van der Waals surface area contributed by atoms with Gasteiger partial charge in [0.15, 0.2) is 5.78 Å². The average Bonchev–Trinajstić information content (AvgIpc) is 2.61. The third-order valence-corrected chi connectivity index (χ3v) is 5.48. The largest absolute Gasteiger partial charge is 0.329 e. The Labute approximate surface area is 155 Å². The van der Waals surface area contributed by atoms with Crippen LogP contribution in [0.15, 0.2) is 59.8 Å². The lowest BCUT2D eigenvalue weighted by Crippen LogP contribution is -2.38. The molecule has 26 heavy (non-hydrogen) atoms. The highest BCUT2D eigenvalue weighted by molar-refractivity contribution is 6.31. The van der Waals surface area contributed by atoms with Crippen molar-refractivity contribution in [1.82, 2.24) is 5.32 Å². The summed E-state index contributed by atoms with van der Waals surface area (Å²) < 4.78 is 14.4. The first-order valence-corrected chi connectivity index (χ1v) is 8.97. The molecule has 2 unspecified atom stereocenters. The lowest BCUT2D eigenvalue weighted by atomic mass is 9.73. The fourth-order valence-corrected chi connectivity index (χ4v) is 4.31. The maximum atomic E-state index is 14.4. The minimum Gasteiger partial charge on any atom is -0.329 e. The van der Waals surface area contributed by atoms with Gasteiger partial charge in [-0.1, -0.05) is 48.0 Å². The highest BCUT2D eigenvalue weighted by Crippen LogP contribution is 2.44. The summed E-state index contributed by atoms with van der Waals surface area (Å²) in [7, 11) is 0. The quantitative estimate of drug-likeness (QED) is 0.848. The summed E-state index contributed by atoms with van der Waals surface area (Å²) in [6.45, 7) is 0. The van der Waals surface area contributed by atoms with Crippen LogP contribution in [-0.2, 0) is 9.59 Å². The molecule has 1 aliphatic carbocycles. The first-order chi connectivity index (χ1) is 12.5. The molecule has 0 radical (unpaired) electrons. The van der Waals surface area contributed by atoms with E-state index >= 15 is 0 Å². The zero-order chi connectivity index (χ0) is 18.3. The van der Waals surface area contributed by atoms with Gasteiger partial charge in [0.25, 0.3) is 0 Å². The van der Waals surface area contributed by atoms with Crippen LogP contribution in [0.25, 0.3) is 0 Å². The van der Waals surface area contributed by atoms with Gasteiger partial charge in [0.05, 0.1) is 0 Å². The number of halogens is 2. The molecule has 0 aromatic heterocycles. The number of nitrogens with one attached hydrogen (secondary N) is 1. The summed E-state index contributed by atoms with van der Waals surface area (Å²) in [5.41, 5.74) is 2.41. The zero-order valence-electron chi connectivity index (χ0n) is 14.0. The van der Waals surface area contributed by atoms with Gasteiger partial charge in [-0.15, -0.1) is 0 Å². The number of Topliss-reactive ketones (excluding diaryl/α,β-unsaturated/α-hetero) is 1. The number of carbonyl (C=O) groups is 2. The van der Waals surface area contributed by atoms with E-state index in [9.17, 15) is 14.0 Å². The zero-order valence-corrected chi connectivity index (χ0v) is 14.7. The molecule has 1 aliphatic heterocycles. The van der Waals surface area contributed by atoms with Crippen molar-refractivity contribution in [3.63, 3.8) is 0 Å². The number of hydrogen-bond donors (Lipinski definition) is 1. The van der Waals surface area contributed by atoms with Crippen LogP contribution in [-0.4, -0.2) is 11.7 Å². The Bertz CT molecular complexity index is 903. The number of carbonyl (C=O) groups excluding carboxylic acids is 2. The number of ketones is 1. The third-order valence-electron chi connectivity index (χ3n) is 5.16. The minimum absolute atomic E-state index is 0.0117. The summed E-state index contributed by atoms with van der Waals surface area (Å²) in [4.78, 5) is 25.2. The van der Waals surface area contributed by atoms with E-state index in [-0.39, 0.29) is 34.6 Å². The summed E-state index contributed by atoms with van der Waals surface area (Å²) >= 11 is 6.21. The monoisotopic (exact) mass is 369 g/mol. The Morgan fingerprint density at radius 2 is 1.73 bits per heavy atom. The fraction of sp³-hybridized carbons (Fsp3) is 0.238. The minimum atomic E-state index is -0.628. The van der Waals surface area contributed by atoms with Gasteiger partial charge in [-0.2, -0.15) is 0 Å². The topological polar surface area (TPSA) is 46.2 Å². The van der Waals surface area contributed by atoms with E-state index < -0.39 is 11.7 Å². The van der Waals surface area contributed by atoms with E-state index in [0.717, 1.165) is 5.56 Å². The molecule has 0 bridgehead atoms. The van der Waals surface area contributed by atoms with E-state index in [1.807, 2.05) is 30.3 Å². The summed E-state index contributed by atoms with van der Waals surface area (Å²) in [6.07, 6.45) is 0.932. The van der Waals surface area contributed by atoms with Crippen molar-refractivity contribution in [1.29, 1.82) is 0 Å². The molecule has 2 aromatic carbocycles. The Hall–Kier alpha value is -2.46. The standard InChI is InChI=1S/C21H17ClFNO2/c22-15-7-4-8-16(23)20(15)14-11-19(26)24-17-9-13(10-18(25)21(14)17)12-5-2-1-3-6-12/h1-8,13-14H,9-11H2,(H,24,26). The number of hydrogen-bond acceptors (Lipinski definition) is 2. The van der Waals surface area contributed by atoms with Crippen LogP contribution in [0.2, 0.25) is 5.02 Å². The molecule has 0 saturated carbocycles. The lowest BCUT2D eigenvalue weighted by molar-refractivity contribution is -0.122. The van der Waals surface area contributed by atoms with Gasteiger partial charge in [0.1, 0.15) is 5.82 Å². The van der Waals surface area contributed by atoms with Crippen molar-refractivity contribution < 1.29 is 14.0 Å². The van der Waals surface area contributed by atoms with Gasteiger partial charge in [0.2, 0.25) is 5.91 Å². The Morgan fingerprint density at radius 3 is 2.46 bits per heavy atom. The molecule has 0 spiro atoms. The van der Waals surface area contributed by atoms with Gasteiger partial charge < -0.3 is 5.32 Å². The maximum absolute atomic E-state index is 14.4. The van der Waals surface area contributed by atoms with E-state index in [1.165, 1.54) is 12.1 Å². The molecule has 2 atom stereocenters. The van der Waals surface area contributed by atoms with Crippen molar-refractivity contribution in [2.75, 3.05) is 0 Å². The van der Waals surface area contributed by atoms with E-state index in [4.69, 9.17) is 11.6 Å². The molecule has 2 aliphatic rings. The predicted molar refractivity (Wildman–Crippen MR) is 97.4 cm³/mol. The highest BCUT2D eigenvalue weighted by Gasteiger charge is 2.39. The molecular formula is C21H17ClFNO2. The molecule has 1 heterocycles. The van der Waals surface area contributed by atoms with Crippen molar-refractivity contribution in [3.05, 3.63) is 81.8 Å². The average molecular weight is 370 g/mol. The molecule has 0 saturated heterocycles. The van der Waals surface area contributed by atoms with Crippen LogP contribution in [0, 0.1) is 5.82 Å². The van der Waals surface area contributed by atoms with Crippen LogP contribution >= 0.6 is 11.6 Å². The second-order valence-electron chi connectivity index (χ2n) is 6.77. The summed E-state index contributed by atoms with van der Waals surface area (Å²) in [5, 5.41) is 3.09.